The van der Waals surface area contributed by atoms with Crippen LogP contribution in [-0.4, -0.2) is 34.5 Å². The Balaban J connectivity index is 2.11. The number of carboxylic acid groups (broad SMARTS) is 2. The molecular weight excluding hydrogens is 334 g/mol. The molecule has 0 saturated heterocycles. The summed E-state index contributed by atoms with van der Waals surface area (Å²) in [4.78, 5) is 26.0. The molecule has 0 aliphatic rings. The van der Waals surface area contributed by atoms with Crippen molar-refractivity contribution in [1.82, 2.24) is 0 Å². The van der Waals surface area contributed by atoms with E-state index in [1.807, 2.05) is 0 Å². The molecule has 7 heteroatoms. The molecule has 0 aliphatic carbocycles. The summed E-state index contributed by atoms with van der Waals surface area (Å²) in [5.74, 6) is -1.73. The second-order valence-corrected chi connectivity index (χ2v) is 5.30. The van der Waals surface area contributed by atoms with E-state index in [2.05, 4.69) is 4.99 Å². The second kappa shape index (κ2) is 7.61. The Labute approximate surface area is 143 Å². The van der Waals surface area contributed by atoms with E-state index >= 15 is 0 Å². The van der Waals surface area contributed by atoms with E-state index in [-0.39, 0.29) is 10.6 Å². The first kappa shape index (κ1) is 17.5. The second-order valence-electron chi connectivity index (χ2n) is 4.89. The lowest BCUT2D eigenvalue weighted by Crippen LogP contribution is -2.22. The van der Waals surface area contributed by atoms with Crippen LogP contribution >= 0.6 is 11.6 Å². The molecule has 0 saturated carbocycles. The van der Waals surface area contributed by atoms with Crippen molar-refractivity contribution in [3.05, 3.63) is 58.6 Å². The maximum absolute atomic E-state index is 11.0. The van der Waals surface area contributed by atoms with Crippen molar-refractivity contribution in [2.24, 2.45) is 4.99 Å². The third kappa shape index (κ3) is 4.57. The van der Waals surface area contributed by atoms with Gasteiger partial charge in [0, 0.05) is 6.21 Å². The Hall–Kier alpha value is -2.86. The van der Waals surface area contributed by atoms with Gasteiger partial charge in [0.05, 0.1) is 16.3 Å². The molecular formula is C17H14ClNO5. The number of aliphatic carboxylic acids is 1. The van der Waals surface area contributed by atoms with E-state index in [1.54, 1.807) is 36.5 Å². The van der Waals surface area contributed by atoms with Gasteiger partial charge in [-0.05, 0) is 55.0 Å². The van der Waals surface area contributed by atoms with Crippen LogP contribution in [0.1, 0.15) is 22.8 Å². The minimum atomic E-state index is -1.12. The summed E-state index contributed by atoms with van der Waals surface area (Å²) in [5.41, 5.74) is 1.19. The van der Waals surface area contributed by atoms with Gasteiger partial charge in [-0.25, -0.2) is 9.59 Å². The van der Waals surface area contributed by atoms with Gasteiger partial charge >= 0.3 is 11.9 Å². The van der Waals surface area contributed by atoms with Crippen molar-refractivity contribution in [2.45, 2.75) is 13.0 Å². The molecule has 0 fully saturated rings. The molecule has 0 amide bonds. The molecule has 2 aromatic carbocycles. The molecule has 2 N–H and O–H groups in total. The van der Waals surface area contributed by atoms with Gasteiger partial charge in [0.15, 0.2) is 6.10 Å². The number of halogens is 1. The summed E-state index contributed by atoms with van der Waals surface area (Å²) in [6.45, 7) is 1.44. The lowest BCUT2D eigenvalue weighted by molar-refractivity contribution is -0.144. The van der Waals surface area contributed by atoms with E-state index in [4.69, 9.17) is 26.6 Å². The van der Waals surface area contributed by atoms with Crippen LogP contribution in [0, 0.1) is 0 Å². The zero-order valence-corrected chi connectivity index (χ0v) is 13.4. The Bertz CT molecular complexity index is 786. The zero-order chi connectivity index (χ0) is 17.7. The lowest BCUT2D eigenvalue weighted by atomic mass is 10.2. The van der Waals surface area contributed by atoms with Gasteiger partial charge in [0.2, 0.25) is 0 Å². The Kier molecular flexibility index (Phi) is 5.55. The Morgan fingerprint density at radius 2 is 1.83 bits per heavy atom. The third-order valence-electron chi connectivity index (χ3n) is 3.08. The van der Waals surface area contributed by atoms with Crippen molar-refractivity contribution in [3.8, 4) is 5.75 Å². The number of carbonyl (C=O) groups is 2. The highest BCUT2D eigenvalue weighted by molar-refractivity contribution is 6.33. The topological polar surface area (TPSA) is 96.2 Å². The number of benzene rings is 2. The van der Waals surface area contributed by atoms with Gasteiger partial charge in [-0.3, -0.25) is 4.99 Å². The van der Waals surface area contributed by atoms with Crippen LogP contribution in [-0.2, 0) is 4.79 Å². The minimum Gasteiger partial charge on any atom is -0.479 e. The van der Waals surface area contributed by atoms with Gasteiger partial charge in [-0.2, -0.15) is 0 Å². The summed E-state index contributed by atoms with van der Waals surface area (Å²) < 4.78 is 5.22. The highest BCUT2D eigenvalue weighted by Crippen LogP contribution is 2.22. The van der Waals surface area contributed by atoms with Gasteiger partial charge in [-0.1, -0.05) is 11.6 Å². The van der Waals surface area contributed by atoms with Gasteiger partial charge in [0.1, 0.15) is 5.75 Å². The maximum Gasteiger partial charge on any atom is 0.344 e. The molecule has 0 aliphatic heterocycles. The SMILES string of the molecule is C[C@@H](Oc1ccc(C=Nc2ccc(Cl)c(C(=O)O)c2)cc1)C(=O)O. The van der Waals surface area contributed by atoms with Gasteiger partial charge in [0.25, 0.3) is 0 Å². The predicted molar refractivity (Wildman–Crippen MR) is 89.8 cm³/mol. The fourth-order valence-electron chi connectivity index (χ4n) is 1.79. The average Bonchev–Trinajstić information content (AvgIpc) is 2.55. The summed E-state index contributed by atoms with van der Waals surface area (Å²) in [5, 5.41) is 18.0. The van der Waals surface area contributed by atoms with Crippen LogP contribution in [0.2, 0.25) is 5.02 Å². The zero-order valence-electron chi connectivity index (χ0n) is 12.6. The number of hydrogen-bond donors (Lipinski definition) is 2. The molecule has 0 radical (unpaired) electrons. The van der Waals surface area contributed by atoms with Crippen molar-refractivity contribution < 1.29 is 24.5 Å². The van der Waals surface area contributed by atoms with Crippen molar-refractivity contribution in [2.75, 3.05) is 0 Å². The Morgan fingerprint density at radius 3 is 2.42 bits per heavy atom. The molecule has 1 atom stereocenters. The van der Waals surface area contributed by atoms with Crippen LogP contribution in [0.3, 0.4) is 0 Å². The quantitative estimate of drug-likeness (QED) is 0.778. The molecule has 2 rings (SSSR count). The molecule has 124 valence electrons. The fraction of sp³-hybridized carbons (Fsp3) is 0.118. The number of carboxylic acids is 2. The number of aromatic carboxylic acids is 1. The third-order valence-corrected chi connectivity index (χ3v) is 3.41. The highest BCUT2D eigenvalue weighted by atomic mass is 35.5. The highest BCUT2D eigenvalue weighted by Gasteiger charge is 2.12. The van der Waals surface area contributed by atoms with Crippen molar-refractivity contribution >= 4 is 35.4 Å². The molecule has 2 aromatic rings. The summed E-state index contributed by atoms with van der Waals surface area (Å²) in [7, 11) is 0. The number of aliphatic imine (C=N–C) groups is 1. The fourth-order valence-corrected chi connectivity index (χ4v) is 1.99. The number of ether oxygens (including phenoxy) is 1. The molecule has 0 spiro atoms. The van der Waals surface area contributed by atoms with Crippen LogP contribution in [0.4, 0.5) is 5.69 Å². The van der Waals surface area contributed by atoms with Gasteiger partial charge < -0.3 is 14.9 Å². The van der Waals surface area contributed by atoms with Gasteiger partial charge in [-0.15, -0.1) is 0 Å². The number of nitrogens with zero attached hydrogens (tertiary/aromatic N) is 1. The average molecular weight is 348 g/mol. The van der Waals surface area contributed by atoms with E-state index in [1.165, 1.54) is 19.1 Å². The number of rotatable bonds is 6. The first-order valence-electron chi connectivity index (χ1n) is 6.93. The van der Waals surface area contributed by atoms with Crippen LogP contribution < -0.4 is 4.74 Å². The first-order chi connectivity index (χ1) is 11.4. The largest absolute Gasteiger partial charge is 0.479 e. The first-order valence-corrected chi connectivity index (χ1v) is 7.31. The molecule has 6 nitrogen and oxygen atoms in total. The predicted octanol–water partition coefficient (Wildman–Crippen LogP) is 3.64. The van der Waals surface area contributed by atoms with Crippen LogP contribution in [0.5, 0.6) is 5.75 Å². The Morgan fingerprint density at radius 1 is 1.17 bits per heavy atom. The van der Waals surface area contributed by atoms with Crippen LogP contribution in [0.15, 0.2) is 47.5 Å². The monoisotopic (exact) mass is 347 g/mol. The van der Waals surface area contributed by atoms with Crippen molar-refractivity contribution in [3.63, 3.8) is 0 Å². The minimum absolute atomic E-state index is 0.0160. The molecule has 0 bridgehead atoms. The van der Waals surface area contributed by atoms with Crippen LogP contribution in [0.25, 0.3) is 0 Å². The summed E-state index contributed by atoms with van der Waals surface area (Å²) >= 11 is 5.80. The van der Waals surface area contributed by atoms with Crippen molar-refractivity contribution in [1.29, 1.82) is 0 Å². The standard InChI is InChI=1S/C17H14ClNO5/c1-10(16(20)21)24-13-5-2-11(3-6-13)9-19-12-4-7-15(18)14(8-12)17(22)23/h2-10H,1H3,(H,20,21)(H,22,23)/t10-/m1/s1. The maximum atomic E-state index is 11.0. The molecule has 0 heterocycles. The van der Waals surface area contributed by atoms with E-state index in [9.17, 15) is 9.59 Å². The summed E-state index contributed by atoms with van der Waals surface area (Å²) in [6.07, 6.45) is 0.618. The molecule has 0 unspecified atom stereocenters. The normalized spacial score (nSPS) is 12.1. The smallest absolute Gasteiger partial charge is 0.344 e. The lowest BCUT2D eigenvalue weighted by Gasteiger charge is -2.09. The molecule has 0 aromatic heterocycles. The van der Waals surface area contributed by atoms with E-state index < -0.39 is 18.0 Å². The van der Waals surface area contributed by atoms with E-state index in [0.717, 1.165) is 5.56 Å². The summed E-state index contributed by atoms with van der Waals surface area (Å²) in [6, 6.07) is 11.1. The number of hydrogen-bond acceptors (Lipinski definition) is 4. The van der Waals surface area contributed by atoms with E-state index in [0.29, 0.717) is 11.4 Å². The molecule has 24 heavy (non-hydrogen) atoms.